The molecule has 0 bridgehead atoms. The summed E-state index contributed by atoms with van der Waals surface area (Å²) in [4.78, 5) is 0. The molecule has 2 nitrogen and oxygen atoms in total. The van der Waals surface area contributed by atoms with Crippen LogP contribution in [0.3, 0.4) is 0 Å². The maximum atomic E-state index is 11.1. The van der Waals surface area contributed by atoms with Crippen molar-refractivity contribution < 1.29 is 5.11 Å². The Hall–Kier alpha value is -0.860. The number of nitrogens with two attached hydrogens (primary N) is 1. The molecular formula is C17H27NO. The quantitative estimate of drug-likeness (QED) is 0.773. The van der Waals surface area contributed by atoms with Gasteiger partial charge in [-0.15, -0.1) is 0 Å². The van der Waals surface area contributed by atoms with Crippen LogP contribution in [-0.2, 0) is 11.8 Å². The lowest BCUT2D eigenvalue weighted by Gasteiger charge is -2.43. The van der Waals surface area contributed by atoms with Crippen LogP contribution >= 0.6 is 0 Å². The third-order valence-electron chi connectivity index (χ3n) is 5.00. The largest absolute Gasteiger partial charge is 0.389 e. The number of hydrogen-bond acceptors (Lipinski definition) is 2. The van der Waals surface area contributed by atoms with Crippen molar-refractivity contribution in [2.45, 2.75) is 63.4 Å². The van der Waals surface area contributed by atoms with Crippen molar-refractivity contribution in [2.24, 2.45) is 5.73 Å². The second kappa shape index (κ2) is 5.64. The molecule has 106 valence electrons. The summed E-state index contributed by atoms with van der Waals surface area (Å²) in [5.41, 5.74) is 7.80. The minimum atomic E-state index is -0.705. The third-order valence-corrected chi connectivity index (χ3v) is 5.00. The number of aryl methyl sites for hydroxylation is 1. The summed E-state index contributed by atoms with van der Waals surface area (Å²) in [6.07, 6.45) is 6.29. The van der Waals surface area contributed by atoms with Gasteiger partial charge in [-0.1, -0.05) is 50.5 Å². The smallest absolute Gasteiger partial charge is 0.0728 e. The highest BCUT2D eigenvalue weighted by atomic mass is 16.3. The zero-order chi connectivity index (χ0) is 13.9. The van der Waals surface area contributed by atoms with Gasteiger partial charge in [0, 0.05) is 12.0 Å². The summed E-state index contributed by atoms with van der Waals surface area (Å²) in [6, 6.07) is 8.48. The minimum Gasteiger partial charge on any atom is -0.389 e. The van der Waals surface area contributed by atoms with Crippen LogP contribution in [0.1, 0.15) is 57.1 Å². The van der Waals surface area contributed by atoms with Crippen molar-refractivity contribution in [2.75, 3.05) is 6.54 Å². The summed E-state index contributed by atoms with van der Waals surface area (Å²) in [5, 5.41) is 11.1. The molecule has 1 aromatic carbocycles. The maximum absolute atomic E-state index is 11.1. The van der Waals surface area contributed by atoms with E-state index in [1.165, 1.54) is 24.0 Å². The summed E-state index contributed by atoms with van der Waals surface area (Å²) in [5.74, 6) is 0. The fourth-order valence-electron chi connectivity index (χ4n) is 3.64. The third kappa shape index (κ3) is 2.44. The Morgan fingerprint density at radius 3 is 2.74 bits per heavy atom. The predicted octanol–water partition coefficient (Wildman–Crippen LogP) is 3.16. The van der Waals surface area contributed by atoms with Gasteiger partial charge in [0.25, 0.3) is 0 Å². The number of rotatable bonds is 6. The SMILES string of the molecule is CCCCCC(C)(O)C1(CN)CCc2ccccc21. The van der Waals surface area contributed by atoms with Gasteiger partial charge in [-0.25, -0.2) is 0 Å². The average Bonchev–Trinajstić information content (AvgIpc) is 2.79. The Kier molecular flexibility index (Phi) is 4.32. The molecule has 0 aromatic heterocycles. The van der Waals surface area contributed by atoms with E-state index in [-0.39, 0.29) is 5.41 Å². The average molecular weight is 261 g/mol. The van der Waals surface area contributed by atoms with Gasteiger partial charge < -0.3 is 10.8 Å². The molecule has 0 amide bonds. The first-order valence-corrected chi connectivity index (χ1v) is 7.58. The molecule has 19 heavy (non-hydrogen) atoms. The van der Waals surface area contributed by atoms with Crippen LogP contribution in [0.2, 0.25) is 0 Å². The van der Waals surface area contributed by atoms with Crippen molar-refractivity contribution in [3.63, 3.8) is 0 Å². The normalized spacial score (nSPS) is 25.1. The first-order valence-electron chi connectivity index (χ1n) is 7.58. The van der Waals surface area contributed by atoms with E-state index in [2.05, 4.69) is 31.2 Å². The van der Waals surface area contributed by atoms with Crippen LogP contribution < -0.4 is 5.73 Å². The monoisotopic (exact) mass is 261 g/mol. The molecule has 0 saturated heterocycles. The molecule has 0 heterocycles. The second-order valence-electron chi connectivity index (χ2n) is 6.17. The summed E-state index contributed by atoms with van der Waals surface area (Å²) in [7, 11) is 0. The molecule has 0 spiro atoms. The number of benzene rings is 1. The highest BCUT2D eigenvalue weighted by molar-refractivity contribution is 5.42. The Morgan fingerprint density at radius 2 is 2.05 bits per heavy atom. The first kappa shape index (κ1) is 14.5. The van der Waals surface area contributed by atoms with E-state index in [4.69, 9.17) is 5.73 Å². The fraction of sp³-hybridized carbons (Fsp3) is 0.647. The number of unbranched alkanes of at least 4 members (excludes halogenated alkanes) is 2. The molecule has 2 rings (SSSR count). The van der Waals surface area contributed by atoms with Crippen LogP contribution in [0.25, 0.3) is 0 Å². The van der Waals surface area contributed by atoms with Crippen molar-refractivity contribution in [1.29, 1.82) is 0 Å². The van der Waals surface area contributed by atoms with Crippen LogP contribution in [-0.4, -0.2) is 17.3 Å². The fourth-order valence-corrected chi connectivity index (χ4v) is 3.64. The maximum Gasteiger partial charge on any atom is 0.0728 e. The van der Waals surface area contributed by atoms with E-state index in [1.54, 1.807) is 0 Å². The van der Waals surface area contributed by atoms with E-state index < -0.39 is 5.60 Å². The van der Waals surface area contributed by atoms with E-state index in [0.29, 0.717) is 6.54 Å². The van der Waals surface area contributed by atoms with Gasteiger partial charge >= 0.3 is 0 Å². The van der Waals surface area contributed by atoms with Crippen LogP contribution in [0.5, 0.6) is 0 Å². The van der Waals surface area contributed by atoms with Crippen molar-refractivity contribution in [3.8, 4) is 0 Å². The van der Waals surface area contributed by atoms with Crippen molar-refractivity contribution >= 4 is 0 Å². The summed E-state index contributed by atoms with van der Waals surface area (Å²) in [6.45, 7) is 4.71. The summed E-state index contributed by atoms with van der Waals surface area (Å²) < 4.78 is 0. The predicted molar refractivity (Wildman–Crippen MR) is 80.3 cm³/mol. The van der Waals surface area contributed by atoms with Gasteiger partial charge in [0.15, 0.2) is 0 Å². The standard InChI is InChI=1S/C17H27NO/c1-3-4-7-11-16(2,19)17(13-18)12-10-14-8-5-6-9-15(14)17/h5-6,8-9,19H,3-4,7,10-13,18H2,1-2H3. The number of fused-ring (bicyclic) bond motifs is 1. The van der Waals surface area contributed by atoms with Gasteiger partial charge in [-0.2, -0.15) is 0 Å². The molecular weight excluding hydrogens is 234 g/mol. The van der Waals surface area contributed by atoms with Crippen LogP contribution in [0.15, 0.2) is 24.3 Å². The number of aliphatic hydroxyl groups is 1. The molecule has 0 aliphatic heterocycles. The van der Waals surface area contributed by atoms with Gasteiger partial charge in [0.1, 0.15) is 0 Å². The summed E-state index contributed by atoms with van der Waals surface area (Å²) >= 11 is 0. The minimum absolute atomic E-state index is 0.253. The van der Waals surface area contributed by atoms with Gasteiger partial charge in [0.05, 0.1) is 5.60 Å². The molecule has 1 aliphatic carbocycles. The molecule has 2 atom stereocenters. The highest BCUT2D eigenvalue weighted by Gasteiger charge is 2.50. The van der Waals surface area contributed by atoms with Crippen LogP contribution in [0, 0.1) is 0 Å². The number of hydrogen-bond donors (Lipinski definition) is 2. The van der Waals surface area contributed by atoms with Crippen LogP contribution in [0.4, 0.5) is 0 Å². The lowest BCUT2D eigenvalue weighted by atomic mass is 9.66. The topological polar surface area (TPSA) is 46.2 Å². The van der Waals surface area contributed by atoms with Gasteiger partial charge in [0.2, 0.25) is 0 Å². The molecule has 0 radical (unpaired) electrons. The Bertz CT molecular complexity index is 427. The first-order chi connectivity index (χ1) is 9.07. The van der Waals surface area contributed by atoms with E-state index in [1.807, 2.05) is 6.92 Å². The van der Waals surface area contributed by atoms with E-state index in [0.717, 1.165) is 25.7 Å². The van der Waals surface area contributed by atoms with Crippen molar-refractivity contribution in [1.82, 2.24) is 0 Å². The van der Waals surface area contributed by atoms with E-state index >= 15 is 0 Å². The molecule has 0 fully saturated rings. The van der Waals surface area contributed by atoms with Gasteiger partial charge in [-0.3, -0.25) is 0 Å². The molecule has 3 N–H and O–H groups in total. The zero-order valence-corrected chi connectivity index (χ0v) is 12.3. The zero-order valence-electron chi connectivity index (χ0n) is 12.3. The Labute approximate surface area is 117 Å². The molecule has 2 unspecified atom stereocenters. The lowest BCUT2D eigenvalue weighted by Crippen LogP contribution is -2.53. The second-order valence-corrected chi connectivity index (χ2v) is 6.17. The van der Waals surface area contributed by atoms with Gasteiger partial charge in [-0.05, 0) is 37.3 Å². The Morgan fingerprint density at radius 1 is 1.32 bits per heavy atom. The lowest BCUT2D eigenvalue weighted by molar-refractivity contribution is -0.0296. The highest BCUT2D eigenvalue weighted by Crippen LogP contribution is 2.47. The van der Waals surface area contributed by atoms with Crippen molar-refractivity contribution in [3.05, 3.63) is 35.4 Å². The molecule has 1 aromatic rings. The molecule has 1 aliphatic rings. The molecule has 2 heteroatoms. The van der Waals surface area contributed by atoms with E-state index in [9.17, 15) is 5.11 Å². The molecule has 0 saturated carbocycles. The Balaban J connectivity index is 2.29.